The number of esters is 1. The number of carbonyl (C=O) groups is 1. The van der Waals surface area contributed by atoms with Gasteiger partial charge in [-0.3, -0.25) is 4.79 Å². The standard InChI is InChI=1S/C17H15ClN2O4S2/c1-11-3-8-14-15(9-11)25-17(20(14)10-16(21)24-2)19-26(22,23)13-6-4-12(18)5-7-13/h3-9H,10H2,1-2H3/b19-17-. The predicted molar refractivity (Wildman–Crippen MR) is 101 cm³/mol. The fourth-order valence-electron chi connectivity index (χ4n) is 2.36. The van der Waals surface area contributed by atoms with Gasteiger partial charge in [0, 0.05) is 5.02 Å². The highest BCUT2D eigenvalue weighted by Gasteiger charge is 2.16. The summed E-state index contributed by atoms with van der Waals surface area (Å²) >= 11 is 7.01. The van der Waals surface area contributed by atoms with Crippen LogP contribution in [0.3, 0.4) is 0 Å². The Hall–Kier alpha value is -2.16. The van der Waals surface area contributed by atoms with Crippen LogP contribution in [-0.2, 0) is 26.1 Å². The molecule has 0 amide bonds. The highest BCUT2D eigenvalue weighted by Crippen LogP contribution is 2.21. The van der Waals surface area contributed by atoms with Crippen molar-refractivity contribution in [2.45, 2.75) is 18.4 Å². The number of fused-ring (bicyclic) bond motifs is 1. The van der Waals surface area contributed by atoms with E-state index in [2.05, 4.69) is 4.40 Å². The Morgan fingerprint density at radius 3 is 2.58 bits per heavy atom. The third kappa shape index (κ3) is 3.82. The first-order chi connectivity index (χ1) is 12.3. The molecule has 0 aliphatic rings. The van der Waals surface area contributed by atoms with E-state index in [0.29, 0.717) is 5.02 Å². The molecule has 0 radical (unpaired) electrons. The largest absolute Gasteiger partial charge is 0.468 e. The van der Waals surface area contributed by atoms with Gasteiger partial charge in [0.15, 0.2) is 0 Å². The number of nitrogens with zero attached hydrogens (tertiary/aromatic N) is 2. The maximum absolute atomic E-state index is 12.6. The minimum Gasteiger partial charge on any atom is -0.468 e. The zero-order valence-corrected chi connectivity index (χ0v) is 16.4. The average molecular weight is 411 g/mol. The predicted octanol–water partition coefficient (Wildman–Crippen LogP) is 3.13. The topological polar surface area (TPSA) is 77.7 Å². The Morgan fingerprint density at radius 2 is 1.92 bits per heavy atom. The van der Waals surface area contributed by atoms with E-state index in [-0.39, 0.29) is 16.2 Å². The van der Waals surface area contributed by atoms with Crippen LogP contribution in [0.15, 0.2) is 51.8 Å². The number of ether oxygens (including phenoxy) is 1. The lowest BCUT2D eigenvalue weighted by Crippen LogP contribution is -2.22. The Kier molecular flexibility index (Phi) is 5.17. The first kappa shape index (κ1) is 18.6. The van der Waals surface area contributed by atoms with Crippen molar-refractivity contribution in [3.05, 3.63) is 57.9 Å². The van der Waals surface area contributed by atoms with Gasteiger partial charge in [-0.1, -0.05) is 29.0 Å². The molecule has 1 aromatic heterocycles. The molecular formula is C17H15ClN2O4S2. The van der Waals surface area contributed by atoms with Gasteiger partial charge in [-0.2, -0.15) is 8.42 Å². The molecule has 2 aromatic carbocycles. The molecule has 0 saturated heterocycles. The number of rotatable bonds is 4. The Balaban J connectivity index is 2.22. The number of aromatic nitrogens is 1. The van der Waals surface area contributed by atoms with Crippen molar-refractivity contribution in [2.24, 2.45) is 4.40 Å². The van der Waals surface area contributed by atoms with Crippen molar-refractivity contribution >= 4 is 49.1 Å². The molecule has 0 aliphatic heterocycles. The van der Waals surface area contributed by atoms with Crippen molar-refractivity contribution in [3.63, 3.8) is 0 Å². The minimum atomic E-state index is -3.95. The van der Waals surface area contributed by atoms with Gasteiger partial charge in [-0.15, -0.1) is 4.40 Å². The van der Waals surface area contributed by atoms with Crippen molar-refractivity contribution in [1.29, 1.82) is 0 Å². The van der Waals surface area contributed by atoms with E-state index in [1.54, 1.807) is 4.57 Å². The SMILES string of the molecule is COC(=O)Cn1/c(=N/S(=O)(=O)c2ccc(Cl)cc2)sc2cc(C)ccc21. The van der Waals surface area contributed by atoms with Gasteiger partial charge in [0.25, 0.3) is 10.0 Å². The minimum absolute atomic E-state index is 0.0279. The molecule has 136 valence electrons. The van der Waals surface area contributed by atoms with E-state index in [1.807, 2.05) is 25.1 Å². The summed E-state index contributed by atoms with van der Waals surface area (Å²) in [6.07, 6.45) is 0. The Labute approximate surface area is 159 Å². The fourth-order valence-corrected chi connectivity index (χ4v) is 4.82. The molecule has 1 heterocycles. The van der Waals surface area contributed by atoms with E-state index in [0.717, 1.165) is 15.8 Å². The van der Waals surface area contributed by atoms with Crippen LogP contribution in [0, 0.1) is 6.92 Å². The zero-order valence-electron chi connectivity index (χ0n) is 14.0. The van der Waals surface area contributed by atoms with Crippen molar-refractivity contribution < 1.29 is 17.9 Å². The first-order valence-electron chi connectivity index (χ1n) is 7.53. The van der Waals surface area contributed by atoms with E-state index < -0.39 is 16.0 Å². The summed E-state index contributed by atoms with van der Waals surface area (Å²) < 4.78 is 36.3. The summed E-state index contributed by atoms with van der Waals surface area (Å²) in [7, 11) is -2.67. The number of thiazole rings is 1. The highest BCUT2D eigenvalue weighted by molar-refractivity contribution is 7.90. The molecule has 0 saturated carbocycles. The van der Waals surface area contributed by atoms with E-state index in [4.69, 9.17) is 16.3 Å². The smallest absolute Gasteiger partial charge is 0.325 e. The Morgan fingerprint density at radius 1 is 1.23 bits per heavy atom. The molecule has 0 aliphatic carbocycles. The summed E-state index contributed by atoms with van der Waals surface area (Å²) in [4.78, 5) is 12.0. The second-order valence-electron chi connectivity index (χ2n) is 5.54. The molecule has 0 N–H and O–H groups in total. The van der Waals surface area contributed by atoms with Gasteiger partial charge in [0.05, 0.1) is 22.2 Å². The van der Waals surface area contributed by atoms with Crippen LogP contribution in [-0.4, -0.2) is 26.1 Å². The lowest BCUT2D eigenvalue weighted by Gasteiger charge is -2.04. The van der Waals surface area contributed by atoms with Gasteiger partial charge in [0.2, 0.25) is 4.80 Å². The molecule has 9 heteroatoms. The van der Waals surface area contributed by atoms with Crippen LogP contribution in [0.1, 0.15) is 5.56 Å². The van der Waals surface area contributed by atoms with Crippen LogP contribution in [0.5, 0.6) is 0 Å². The Bertz CT molecular complexity index is 1150. The van der Waals surface area contributed by atoms with Crippen molar-refractivity contribution in [2.75, 3.05) is 7.11 Å². The maximum atomic E-state index is 12.6. The summed E-state index contributed by atoms with van der Waals surface area (Å²) in [6.45, 7) is 1.81. The van der Waals surface area contributed by atoms with E-state index in [1.165, 1.54) is 42.7 Å². The number of methoxy groups -OCH3 is 1. The zero-order chi connectivity index (χ0) is 18.9. The molecule has 0 atom stereocenters. The molecule has 6 nitrogen and oxygen atoms in total. The molecule has 0 unspecified atom stereocenters. The molecule has 26 heavy (non-hydrogen) atoms. The van der Waals surface area contributed by atoms with Gasteiger partial charge in [-0.05, 0) is 48.9 Å². The molecular weight excluding hydrogens is 396 g/mol. The van der Waals surface area contributed by atoms with Gasteiger partial charge in [-0.25, -0.2) is 0 Å². The van der Waals surface area contributed by atoms with Crippen LogP contribution < -0.4 is 4.80 Å². The number of hydrogen-bond donors (Lipinski definition) is 0. The van der Waals surface area contributed by atoms with Gasteiger partial charge in [0.1, 0.15) is 6.54 Å². The number of aryl methyl sites for hydroxylation is 1. The number of sulfonamides is 1. The number of hydrogen-bond acceptors (Lipinski definition) is 5. The second kappa shape index (κ2) is 7.22. The van der Waals surface area contributed by atoms with Crippen molar-refractivity contribution in [1.82, 2.24) is 4.57 Å². The normalized spacial score (nSPS) is 12.5. The summed E-state index contributed by atoms with van der Waals surface area (Å²) in [5.74, 6) is -0.490. The monoisotopic (exact) mass is 410 g/mol. The summed E-state index contributed by atoms with van der Waals surface area (Å²) in [6, 6.07) is 11.4. The van der Waals surface area contributed by atoms with Crippen LogP contribution >= 0.6 is 22.9 Å². The highest BCUT2D eigenvalue weighted by atomic mass is 35.5. The molecule has 0 fully saturated rings. The maximum Gasteiger partial charge on any atom is 0.325 e. The first-order valence-corrected chi connectivity index (χ1v) is 10.2. The number of halogens is 1. The van der Waals surface area contributed by atoms with Crippen LogP contribution in [0.4, 0.5) is 0 Å². The lowest BCUT2D eigenvalue weighted by molar-refractivity contribution is -0.141. The van der Waals surface area contributed by atoms with E-state index >= 15 is 0 Å². The molecule has 0 bridgehead atoms. The summed E-state index contributed by atoms with van der Waals surface area (Å²) in [5, 5.41) is 0.432. The summed E-state index contributed by atoms with van der Waals surface area (Å²) in [5.41, 5.74) is 1.74. The molecule has 0 spiro atoms. The molecule has 3 aromatic rings. The van der Waals surface area contributed by atoms with Crippen molar-refractivity contribution in [3.8, 4) is 0 Å². The average Bonchev–Trinajstić information content (AvgIpc) is 2.90. The second-order valence-corrected chi connectivity index (χ2v) is 8.59. The number of carbonyl (C=O) groups excluding carboxylic acids is 1. The molecule has 3 rings (SSSR count). The quantitative estimate of drug-likeness (QED) is 0.619. The third-order valence-electron chi connectivity index (χ3n) is 3.66. The van der Waals surface area contributed by atoms with Crippen LogP contribution in [0.25, 0.3) is 10.2 Å². The number of benzene rings is 2. The van der Waals surface area contributed by atoms with Crippen LogP contribution in [0.2, 0.25) is 5.02 Å². The van der Waals surface area contributed by atoms with Gasteiger partial charge >= 0.3 is 5.97 Å². The lowest BCUT2D eigenvalue weighted by atomic mass is 10.2. The van der Waals surface area contributed by atoms with E-state index in [9.17, 15) is 13.2 Å². The van der Waals surface area contributed by atoms with Gasteiger partial charge < -0.3 is 9.30 Å². The fraction of sp³-hybridized carbons (Fsp3) is 0.176. The third-order valence-corrected chi connectivity index (χ3v) is 6.35.